The van der Waals surface area contributed by atoms with Gasteiger partial charge in [0.1, 0.15) is 17.7 Å². The maximum absolute atomic E-state index is 13.8. The minimum atomic E-state index is -0.832. The number of aromatic amines is 2. The Morgan fingerprint density at radius 3 is 1.77 bits per heavy atom. The topological polar surface area (TPSA) is 176 Å². The predicted octanol–water partition coefficient (Wildman–Crippen LogP) is 6.02. The molecule has 14 heteroatoms. The summed E-state index contributed by atoms with van der Waals surface area (Å²) in [4.78, 5) is 75.1. The van der Waals surface area contributed by atoms with Crippen LogP contribution in [0.25, 0.3) is 33.6 Å². The van der Waals surface area contributed by atoms with Crippen molar-refractivity contribution >= 4 is 23.9 Å². The van der Waals surface area contributed by atoms with Gasteiger partial charge in [0.2, 0.25) is 11.8 Å². The van der Waals surface area contributed by atoms with Crippen LogP contribution in [0.2, 0.25) is 0 Å². The van der Waals surface area contributed by atoms with E-state index in [1.807, 2.05) is 41.3 Å². The highest BCUT2D eigenvalue weighted by molar-refractivity contribution is 5.86. The molecule has 0 aliphatic carbocycles. The van der Waals surface area contributed by atoms with E-state index in [-0.39, 0.29) is 36.7 Å². The number of carbonyl (C=O) groups is 4. The summed E-state index contributed by atoms with van der Waals surface area (Å²) >= 11 is 0. The van der Waals surface area contributed by atoms with Crippen LogP contribution in [0.15, 0.2) is 85.3 Å². The van der Waals surface area contributed by atoms with Crippen LogP contribution in [0.5, 0.6) is 0 Å². The van der Waals surface area contributed by atoms with Crippen LogP contribution in [0.1, 0.15) is 68.5 Å². The lowest BCUT2D eigenvalue weighted by molar-refractivity contribution is -0.146. The molecule has 3 N–H and O–H groups in total. The van der Waals surface area contributed by atoms with Crippen LogP contribution in [0.4, 0.5) is 4.79 Å². The van der Waals surface area contributed by atoms with Gasteiger partial charge in [-0.05, 0) is 60.1 Å². The Bertz CT molecular complexity index is 2150. The van der Waals surface area contributed by atoms with Crippen molar-refractivity contribution in [3.63, 3.8) is 0 Å². The van der Waals surface area contributed by atoms with Gasteiger partial charge in [-0.3, -0.25) is 19.4 Å². The van der Waals surface area contributed by atoms with E-state index >= 15 is 0 Å². The van der Waals surface area contributed by atoms with Crippen molar-refractivity contribution < 1.29 is 28.7 Å². The maximum Gasteiger partial charge on any atom is 0.407 e. The molecule has 2 aliphatic rings. The van der Waals surface area contributed by atoms with Crippen molar-refractivity contribution in [1.82, 2.24) is 40.0 Å². The van der Waals surface area contributed by atoms with Crippen molar-refractivity contribution in [3.05, 3.63) is 103 Å². The summed E-state index contributed by atoms with van der Waals surface area (Å²) in [5, 5.41) is 2.70. The monoisotopic (exact) mass is 758 g/mol. The minimum absolute atomic E-state index is 0.0543. The van der Waals surface area contributed by atoms with E-state index in [9.17, 15) is 19.2 Å². The van der Waals surface area contributed by atoms with Crippen LogP contribution in [0, 0.1) is 5.92 Å². The fraction of sp³-hybridized carbons (Fsp3) is 0.357. The number of ether oxygens (including phenoxy) is 2. The van der Waals surface area contributed by atoms with E-state index in [0.29, 0.717) is 24.6 Å². The molecule has 2 fully saturated rings. The van der Waals surface area contributed by atoms with E-state index in [4.69, 9.17) is 9.47 Å². The van der Waals surface area contributed by atoms with Crippen LogP contribution >= 0.6 is 0 Å². The average molecular weight is 759 g/mol. The second-order valence-corrected chi connectivity index (χ2v) is 14.3. The summed E-state index contributed by atoms with van der Waals surface area (Å²) in [7, 11) is 2.61. The van der Waals surface area contributed by atoms with Crippen molar-refractivity contribution in [3.8, 4) is 33.6 Å². The summed E-state index contributed by atoms with van der Waals surface area (Å²) in [6.45, 7) is 2.94. The van der Waals surface area contributed by atoms with Gasteiger partial charge in [0.15, 0.2) is 0 Å². The van der Waals surface area contributed by atoms with Crippen LogP contribution in [-0.4, -0.2) is 91.9 Å². The molecule has 290 valence electrons. The van der Waals surface area contributed by atoms with E-state index in [0.717, 1.165) is 65.1 Å². The predicted molar refractivity (Wildman–Crippen MR) is 207 cm³/mol. The Kier molecular flexibility index (Phi) is 11.5. The number of amides is 3. The number of aromatic nitrogens is 5. The fourth-order valence-corrected chi connectivity index (χ4v) is 7.65. The zero-order chi connectivity index (χ0) is 39.2. The number of alkyl carbamates (subject to hydrolysis) is 1. The number of hydrogen-bond acceptors (Lipinski definition) is 9. The largest absolute Gasteiger partial charge is 0.469 e. The van der Waals surface area contributed by atoms with Gasteiger partial charge >= 0.3 is 12.1 Å². The lowest BCUT2D eigenvalue weighted by atomic mass is 10.0. The molecule has 5 aromatic rings. The lowest BCUT2D eigenvalue weighted by Gasteiger charge is -2.28. The molecule has 0 unspecified atom stereocenters. The Hall–Kier alpha value is -6.31. The molecule has 2 aromatic carbocycles. The number of carbonyl (C=O) groups excluding carboxylic acids is 4. The molecule has 0 saturated carbocycles. The van der Waals surface area contributed by atoms with Crippen molar-refractivity contribution in [2.45, 2.75) is 63.6 Å². The lowest BCUT2D eigenvalue weighted by Crippen LogP contribution is -2.49. The van der Waals surface area contributed by atoms with Gasteiger partial charge in [0.25, 0.3) is 0 Å². The first kappa shape index (κ1) is 38.0. The molecular formula is C42H46N8O6. The summed E-state index contributed by atoms with van der Waals surface area (Å²) in [5.74, 6) is 0.311. The van der Waals surface area contributed by atoms with Gasteiger partial charge in [0.05, 0.1) is 56.5 Å². The second-order valence-electron chi connectivity index (χ2n) is 14.3. The number of pyridine rings is 1. The fourth-order valence-electron chi connectivity index (χ4n) is 7.65. The summed E-state index contributed by atoms with van der Waals surface area (Å²) in [6, 6.07) is 20.7. The van der Waals surface area contributed by atoms with E-state index in [1.54, 1.807) is 36.5 Å². The highest BCUT2D eigenvalue weighted by Gasteiger charge is 2.37. The normalized spacial score (nSPS) is 17.7. The number of esters is 1. The molecule has 14 nitrogen and oxygen atoms in total. The number of H-pyrrole nitrogens is 2. The van der Waals surface area contributed by atoms with Crippen LogP contribution < -0.4 is 5.32 Å². The van der Waals surface area contributed by atoms with Crippen LogP contribution in [-0.2, 0) is 30.3 Å². The Morgan fingerprint density at radius 2 is 1.27 bits per heavy atom. The molecule has 4 atom stereocenters. The SMILES string of the molecule is COC(=O)C[C@@H](C)C(=O)N1CCC[C@H]1c1ncc(-c2ccc(-c3ccc(-c4cnc([C@@H]5CCCN5C(=O)[C@H](Cc5ccccn5)NC(=O)OC)[nH]4)cc3)cc2)[nH]1. The standard InChI is InChI=1S/C42H46N8O6/c1-26(22-37(51)55-2)40(52)49-20-6-9-35(49)38-44-24-33(46-38)29-15-11-27(12-16-29)28-13-17-30(18-14-28)34-25-45-39(47-34)36-10-7-21-50(36)41(53)32(48-42(54)56-3)23-31-8-4-5-19-43-31/h4-5,8,11-19,24-26,32,35-36H,6-7,9-10,20-23H2,1-3H3,(H,44,46)(H,45,47)(H,48,54)/t26-,32+,35+,36+/m1/s1. The number of nitrogens with zero attached hydrogens (tertiary/aromatic N) is 5. The number of methoxy groups -OCH3 is 2. The summed E-state index contributed by atoms with van der Waals surface area (Å²) in [6.07, 6.45) is 8.12. The molecule has 5 heterocycles. The van der Waals surface area contributed by atoms with E-state index in [2.05, 4.69) is 54.5 Å². The second kappa shape index (κ2) is 17.0. The molecule has 2 aliphatic heterocycles. The van der Waals surface area contributed by atoms with Crippen molar-refractivity contribution in [2.24, 2.45) is 5.92 Å². The molecule has 3 amide bonds. The molecule has 3 aromatic heterocycles. The maximum atomic E-state index is 13.8. The number of imidazole rings is 2. The summed E-state index contributed by atoms with van der Waals surface area (Å²) in [5.41, 5.74) is 6.45. The van der Waals surface area contributed by atoms with E-state index in [1.165, 1.54) is 14.2 Å². The number of likely N-dealkylation sites (tertiary alicyclic amines) is 2. The average Bonchev–Trinajstić information content (AvgIpc) is 4.07. The van der Waals surface area contributed by atoms with Gasteiger partial charge in [-0.1, -0.05) is 61.5 Å². The molecule has 0 spiro atoms. The van der Waals surface area contributed by atoms with Crippen molar-refractivity contribution in [2.75, 3.05) is 27.3 Å². The Morgan fingerprint density at radius 1 is 0.732 bits per heavy atom. The third-order valence-corrected chi connectivity index (χ3v) is 10.7. The third kappa shape index (κ3) is 8.33. The Labute approximate surface area is 325 Å². The molecule has 2 saturated heterocycles. The third-order valence-electron chi connectivity index (χ3n) is 10.7. The molecular weight excluding hydrogens is 713 g/mol. The highest BCUT2D eigenvalue weighted by Crippen LogP contribution is 2.35. The zero-order valence-corrected chi connectivity index (χ0v) is 31.7. The van der Waals surface area contributed by atoms with E-state index < -0.39 is 24.0 Å². The first-order chi connectivity index (χ1) is 27.2. The molecule has 0 radical (unpaired) electrons. The van der Waals surface area contributed by atoms with Gasteiger partial charge in [0, 0.05) is 37.3 Å². The molecule has 0 bridgehead atoms. The minimum Gasteiger partial charge on any atom is -0.469 e. The number of rotatable bonds is 12. The zero-order valence-electron chi connectivity index (χ0n) is 31.7. The highest BCUT2D eigenvalue weighted by atomic mass is 16.5. The quantitative estimate of drug-likeness (QED) is 0.129. The number of nitrogens with one attached hydrogen (secondary N) is 3. The first-order valence-electron chi connectivity index (χ1n) is 19.0. The molecule has 56 heavy (non-hydrogen) atoms. The van der Waals surface area contributed by atoms with Gasteiger partial charge in [-0.2, -0.15) is 0 Å². The smallest absolute Gasteiger partial charge is 0.407 e. The van der Waals surface area contributed by atoms with Gasteiger partial charge in [-0.15, -0.1) is 0 Å². The number of hydrogen-bond donors (Lipinski definition) is 3. The van der Waals surface area contributed by atoms with Crippen molar-refractivity contribution in [1.29, 1.82) is 0 Å². The van der Waals surface area contributed by atoms with Crippen LogP contribution in [0.3, 0.4) is 0 Å². The molecule has 7 rings (SSSR count). The number of benzene rings is 2. The summed E-state index contributed by atoms with van der Waals surface area (Å²) < 4.78 is 9.57. The van der Waals surface area contributed by atoms with Gasteiger partial charge < -0.3 is 34.6 Å². The first-order valence-corrected chi connectivity index (χ1v) is 19.0. The van der Waals surface area contributed by atoms with Gasteiger partial charge in [-0.25, -0.2) is 14.8 Å². The Balaban J connectivity index is 0.996.